The maximum absolute atomic E-state index is 12.8. The molecule has 0 unspecified atom stereocenters. The summed E-state index contributed by atoms with van der Waals surface area (Å²) >= 11 is 0. The first kappa shape index (κ1) is 19.9. The molecule has 1 aliphatic rings. The normalized spacial score (nSPS) is 16.0. The Morgan fingerprint density at radius 3 is 2.54 bits per heavy atom. The summed E-state index contributed by atoms with van der Waals surface area (Å²) in [5, 5.41) is 11.2. The van der Waals surface area contributed by atoms with Crippen LogP contribution in [0.25, 0.3) is 0 Å². The van der Waals surface area contributed by atoms with Crippen molar-refractivity contribution in [2.45, 2.75) is 11.3 Å². The molecule has 28 heavy (non-hydrogen) atoms. The lowest BCUT2D eigenvalue weighted by Crippen LogP contribution is -2.25. The van der Waals surface area contributed by atoms with Crippen molar-refractivity contribution in [1.82, 2.24) is 0 Å². The van der Waals surface area contributed by atoms with E-state index in [0.717, 1.165) is 12.1 Å². The van der Waals surface area contributed by atoms with Crippen molar-refractivity contribution in [1.29, 1.82) is 0 Å². The minimum atomic E-state index is -4.33. The number of sulfonamides is 2. The highest BCUT2D eigenvalue weighted by Crippen LogP contribution is 2.35. The molecule has 0 atom stereocenters. The van der Waals surface area contributed by atoms with Crippen molar-refractivity contribution < 1.29 is 26.5 Å². The SMILES string of the molecule is COc1ccc(N2CCCS2(=O)=O)cc1NS(=O)(=O)c1ccccc1[N+](=O)[O-]. The molecule has 0 amide bonds. The molecule has 12 heteroatoms. The molecular weight excluding hydrogens is 410 g/mol. The van der Waals surface area contributed by atoms with Gasteiger partial charge in [0, 0.05) is 12.6 Å². The number of nitro groups is 1. The number of para-hydroxylation sites is 1. The van der Waals surface area contributed by atoms with Gasteiger partial charge in [0.25, 0.3) is 15.7 Å². The van der Waals surface area contributed by atoms with Crippen LogP contribution in [0.1, 0.15) is 6.42 Å². The lowest BCUT2D eigenvalue weighted by molar-refractivity contribution is -0.387. The van der Waals surface area contributed by atoms with E-state index in [1.54, 1.807) is 0 Å². The molecule has 3 rings (SSSR count). The second-order valence-electron chi connectivity index (χ2n) is 5.96. The number of rotatable bonds is 6. The maximum Gasteiger partial charge on any atom is 0.289 e. The molecule has 0 radical (unpaired) electrons. The summed E-state index contributed by atoms with van der Waals surface area (Å²) in [7, 11) is -6.47. The molecule has 0 spiro atoms. The quantitative estimate of drug-likeness (QED) is 0.549. The monoisotopic (exact) mass is 427 g/mol. The number of anilines is 2. The number of nitrogens with zero attached hydrogens (tertiary/aromatic N) is 2. The van der Waals surface area contributed by atoms with Gasteiger partial charge in [-0.2, -0.15) is 0 Å². The van der Waals surface area contributed by atoms with Crippen molar-refractivity contribution >= 4 is 37.1 Å². The van der Waals surface area contributed by atoms with Crippen LogP contribution >= 0.6 is 0 Å². The Hall–Kier alpha value is -2.86. The molecule has 1 saturated heterocycles. The molecule has 2 aromatic rings. The van der Waals surface area contributed by atoms with Crippen molar-refractivity contribution in [3.05, 3.63) is 52.6 Å². The van der Waals surface area contributed by atoms with E-state index in [-0.39, 0.29) is 29.4 Å². The number of hydrogen-bond donors (Lipinski definition) is 1. The van der Waals surface area contributed by atoms with Gasteiger partial charge in [0.1, 0.15) is 5.75 Å². The number of methoxy groups -OCH3 is 1. The first-order chi connectivity index (χ1) is 13.2. The van der Waals surface area contributed by atoms with E-state index in [4.69, 9.17) is 4.74 Å². The van der Waals surface area contributed by atoms with E-state index < -0.39 is 35.6 Å². The Morgan fingerprint density at radius 2 is 1.93 bits per heavy atom. The van der Waals surface area contributed by atoms with Gasteiger partial charge in [0.2, 0.25) is 10.0 Å². The molecule has 2 aromatic carbocycles. The first-order valence-corrected chi connectivity index (χ1v) is 11.2. The van der Waals surface area contributed by atoms with Gasteiger partial charge in [-0.25, -0.2) is 16.8 Å². The third-order valence-electron chi connectivity index (χ3n) is 4.17. The smallest absolute Gasteiger partial charge is 0.289 e. The number of nitrogens with one attached hydrogen (secondary N) is 1. The van der Waals surface area contributed by atoms with Gasteiger partial charge < -0.3 is 4.74 Å². The van der Waals surface area contributed by atoms with E-state index in [1.165, 1.54) is 41.7 Å². The average molecular weight is 427 g/mol. The molecule has 1 aliphatic heterocycles. The molecule has 0 aromatic heterocycles. The molecule has 0 bridgehead atoms. The van der Waals surface area contributed by atoms with Crippen LogP contribution in [0.5, 0.6) is 5.75 Å². The Bertz CT molecular complexity index is 1130. The standard InChI is InChI=1S/C16H17N3O7S2/c1-26-15-8-7-12(18-9-4-10-27(18,22)23)11-13(15)17-28(24,25)16-6-3-2-5-14(16)19(20)21/h2-3,5-8,11,17H,4,9-10H2,1H3. The molecule has 1 fully saturated rings. The third kappa shape index (κ3) is 3.73. The van der Waals surface area contributed by atoms with Crippen LogP contribution < -0.4 is 13.8 Å². The molecule has 150 valence electrons. The highest BCUT2D eigenvalue weighted by molar-refractivity contribution is 7.93. The molecule has 10 nitrogen and oxygen atoms in total. The number of benzene rings is 2. The highest BCUT2D eigenvalue weighted by Gasteiger charge is 2.30. The molecule has 1 N–H and O–H groups in total. The van der Waals surface area contributed by atoms with Crippen LogP contribution in [0, 0.1) is 10.1 Å². The Kier molecular flexibility index (Phi) is 5.17. The largest absolute Gasteiger partial charge is 0.495 e. The Labute approximate surface area is 162 Å². The fourth-order valence-electron chi connectivity index (χ4n) is 2.90. The van der Waals surface area contributed by atoms with Crippen LogP contribution in [-0.2, 0) is 20.0 Å². The average Bonchev–Trinajstić information content (AvgIpc) is 3.00. The molecule has 0 saturated carbocycles. The van der Waals surface area contributed by atoms with Crippen LogP contribution in [0.2, 0.25) is 0 Å². The van der Waals surface area contributed by atoms with Gasteiger partial charge in [0.15, 0.2) is 4.90 Å². The van der Waals surface area contributed by atoms with E-state index >= 15 is 0 Å². The van der Waals surface area contributed by atoms with Gasteiger partial charge in [-0.15, -0.1) is 0 Å². The van der Waals surface area contributed by atoms with Gasteiger partial charge in [0.05, 0.1) is 29.2 Å². The second-order valence-corrected chi connectivity index (χ2v) is 9.62. The van der Waals surface area contributed by atoms with Crippen LogP contribution in [0.4, 0.5) is 17.1 Å². The van der Waals surface area contributed by atoms with E-state index in [2.05, 4.69) is 4.72 Å². The molecule has 1 heterocycles. The highest BCUT2D eigenvalue weighted by atomic mass is 32.2. The molecular formula is C16H17N3O7S2. The summed E-state index contributed by atoms with van der Waals surface area (Å²) in [6.07, 6.45) is 0.464. The predicted octanol–water partition coefficient (Wildman–Crippen LogP) is 1.94. The van der Waals surface area contributed by atoms with Crippen molar-refractivity contribution in [3.8, 4) is 5.75 Å². The maximum atomic E-state index is 12.8. The van der Waals surface area contributed by atoms with E-state index in [1.807, 2.05) is 0 Å². The van der Waals surface area contributed by atoms with E-state index in [9.17, 15) is 26.9 Å². The van der Waals surface area contributed by atoms with Crippen molar-refractivity contribution in [3.63, 3.8) is 0 Å². The third-order valence-corrected chi connectivity index (χ3v) is 7.45. The Balaban J connectivity index is 2.04. The number of ether oxygens (including phenoxy) is 1. The lowest BCUT2D eigenvalue weighted by atomic mass is 10.2. The summed E-state index contributed by atoms with van der Waals surface area (Å²) < 4.78 is 58.4. The zero-order chi connectivity index (χ0) is 20.5. The van der Waals surface area contributed by atoms with Gasteiger partial charge in [-0.3, -0.25) is 19.1 Å². The number of nitro benzene ring substituents is 1. The summed E-state index contributed by atoms with van der Waals surface area (Å²) in [5.41, 5.74) is -0.328. The van der Waals surface area contributed by atoms with Gasteiger partial charge in [-0.05, 0) is 30.7 Å². The summed E-state index contributed by atoms with van der Waals surface area (Å²) in [5.74, 6) is 0.151. The summed E-state index contributed by atoms with van der Waals surface area (Å²) in [4.78, 5) is 9.85. The second kappa shape index (κ2) is 7.28. The zero-order valence-electron chi connectivity index (χ0n) is 14.7. The molecule has 0 aliphatic carbocycles. The lowest BCUT2D eigenvalue weighted by Gasteiger charge is -2.19. The van der Waals surface area contributed by atoms with Gasteiger partial charge in [-0.1, -0.05) is 12.1 Å². The fourth-order valence-corrected chi connectivity index (χ4v) is 5.69. The van der Waals surface area contributed by atoms with Crippen LogP contribution in [0.15, 0.2) is 47.4 Å². The first-order valence-electron chi connectivity index (χ1n) is 8.10. The predicted molar refractivity (Wildman–Crippen MR) is 103 cm³/mol. The van der Waals surface area contributed by atoms with Crippen LogP contribution in [-0.4, -0.2) is 41.2 Å². The van der Waals surface area contributed by atoms with Crippen molar-refractivity contribution in [2.24, 2.45) is 0 Å². The minimum absolute atomic E-state index is 0.0102. The fraction of sp³-hybridized carbons (Fsp3) is 0.250. The van der Waals surface area contributed by atoms with Crippen LogP contribution in [0.3, 0.4) is 0 Å². The van der Waals surface area contributed by atoms with Crippen molar-refractivity contribution in [2.75, 3.05) is 28.4 Å². The minimum Gasteiger partial charge on any atom is -0.495 e. The number of hydrogen-bond acceptors (Lipinski definition) is 7. The Morgan fingerprint density at radius 1 is 1.21 bits per heavy atom. The van der Waals surface area contributed by atoms with Gasteiger partial charge >= 0.3 is 0 Å². The zero-order valence-corrected chi connectivity index (χ0v) is 16.4. The summed E-state index contributed by atoms with van der Waals surface area (Å²) in [6, 6.07) is 9.18. The van der Waals surface area contributed by atoms with E-state index in [0.29, 0.717) is 6.42 Å². The topological polar surface area (TPSA) is 136 Å². The summed E-state index contributed by atoms with van der Waals surface area (Å²) in [6.45, 7) is 0.283.